The van der Waals surface area contributed by atoms with E-state index in [1.807, 2.05) is 21.3 Å². The largest absolute Gasteiger partial charge is 0.416 e. The Kier molecular flexibility index (Phi) is 5.59. The Morgan fingerprint density at radius 3 is 2.23 bits per heavy atom. The van der Waals surface area contributed by atoms with Gasteiger partial charge < -0.3 is 9.80 Å². The maximum Gasteiger partial charge on any atom is 0.416 e. The molecule has 1 atom stereocenters. The van der Waals surface area contributed by atoms with Gasteiger partial charge in [0.2, 0.25) is 5.91 Å². The van der Waals surface area contributed by atoms with E-state index in [-0.39, 0.29) is 5.91 Å². The molecule has 1 amide bonds. The van der Waals surface area contributed by atoms with Gasteiger partial charge in [-0.3, -0.25) is 4.79 Å². The van der Waals surface area contributed by atoms with Gasteiger partial charge in [0.1, 0.15) is 11.0 Å². The van der Waals surface area contributed by atoms with Gasteiger partial charge in [0.15, 0.2) is 0 Å². The van der Waals surface area contributed by atoms with Crippen LogP contribution in [-0.2, 0) is 28.4 Å². The number of amides is 1. The maximum atomic E-state index is 13.0. The van der Waals surface area contributed by atoms with E-state index in [4.69, 9.17) is 0 Å². The zero-order valence-electron chi connectivity index (χ0n) is 16.5. The van der Waals surface area contributed by atoms with Gasteiger partial charge in [-0.25, -0.2) is 8.51 Å². The van der Waals surface area contributed by atoms with Crippen molar-refractivity contribution in [2.45, 2.75) is 24.4 Å². The van der Waals surface area contributed by atoms with Crippen LogP contribution in [-0.4, -0.2) is 47.1 Å². The first kappa shape index (κ1) is 20.9. The van der Waals surface area contributed by atoms with Crippen molar-refractivity contribution >= 4 is 28.3 Å². The van der Waals surface area contributed by atoms with E-state index in [2.05, 4.69) is 0 Å². The molecular weight excluding hydrogens is 415 g/mol. The Balaban J connectivity index is 1.40. The molecule has 2 aromatic rings. The SMILES string of the molecule is CC(=O)N1CCc2cc(S(=O)N3CCN(c4ccc(C(F)(F)F)cc4)CC3)ccc21. The van der Waals surface area contributed by atoms with Crippen molar-refractivity contribution in [3.8, 4) is 0 Å². The summed E-state index contributed by atoms with van der Waals surface area (Å²) in [6.07, 6.45) is -3.59. The molecule has 2 aliphatic heterocycles. The number of nitrogens with zero attached hydrogens (tertiary/aromatic N) is 3. The average Bonchev–Trinajstić information content (AvgIpc) is 3.16. The molecule has 1 fully saturated rings. The fraction of sp³-hybridized carbons (Fsp3) is 0.381. The molecular formula is C21H22F3N3O2S. The first-order valence-electron chi connectivity index (χ1n) is 9.74. The van der Waals surface area contributed by atoms with Gasteiger partial charge in [-0.15, -0.1) is 0 Å². The van der Waals surface area contributed by atoms with Gasteiger partial charge in [-0.2, -0.15) is 13.2 Å². The molecule has 2 aromatic carbocycles. The predicted octanol–water partition coefficient (Wildman–Crippen LogP) is 3.46. The smallest absolute Gasteiger partial charge is 0.369 e. The van der Waals surface area contributed by atoms with Crippen molar-refractivity contribution in [3.05, 3.63) is 53.6 Å². The molecule has 0 aromatic heterocycles. The predicted molar refractivity (Wildman–Crippen MR) is 110 cm³/mol. The van der Waals surface area contributed by atoms with Crippen LogP contribution in [0, 0.1) is 0 Å². The lowest BCUT2D eigenvalue weighted by Crippen LogP contribution is -2.46. The fourth-order valence-electron chi connectivity index (χ4n) is 3.94. The molecule has 1 saturated heterocycles. The number of anilines is 2. The molecule has 1 unspecified atom stereocenters. The summed E-state index contributed by atoms with van der Waals surface area (Å²) < 4.78 is 53.1. The van der Waals surface area contributed by atoms with E-state index >= 15 is 0 Å². The number of hydrogen-bond acceptors (Lipinski definition) is 3. The Hall–Kier alpha value is -2.39. The third-order valence-electron chi connectivity index (χ3n) is 5.56. The summed E-state index contributed by atoms with van der Waals surface area (Å²) in [5, 5.41) is 0. The highest BCUT2D eigenvalue weighted by Gasteiger charge is 2.31. The van der Waals surface area contributed by atoms with Crippen LogP contribution in [0.2, 0.25) is 0 Å². The van der Waals surface area contributed by atoms with Gasteiger partial charge in [-0.1, -0.05) is 0 Å². The highest BCUT2D eigenvalue weighted by atomic mass is 32.2. The van der Waals surface area contributed by atoms with Crippen molar-refractivity contribution in [2.75, 3.05) is 42.5 Å². The second kappa shape index (κ2) is 8.03. The lowest BCUT2D eigenvalue weighted by molar-refractivity contribution is -0.137. The van der Waals surface area contributed by atoms with E-state index < -0.39 is 22.7 Å². The maximum absolute atomic E-state index is 13.0. The molecule has 0 saturated carbocycles. The molecule has 0 bridgehead atoms. The molecule has 5 nitrogen and oxygen atoms in total. The zero-order chi connectivity index (χ0) is 21.5. The summed E-state index contributed by atoms with van der Waals surface area (Å²) in [6, 6.07) is 10.7. The molecule has 9 heteroatoms. The minimum atomic E-state index is -4.34. The summed E-state index contributed by atoms with van der Waals surface area (Å²) in [5.74, 6) is 0.00186. The number of piperazine rings is 1. The second-order valence-corrected chi connectivity index (χ2v) is 8.91. The van der Waals surface area contributed by atoms with E-state index in [0.29, 0.717) is 37.6 Å². The number of carbonyl (C=O) groups excluding carboxylic acids is 1. The van der Waals surface area contributed by atoms with Gasteiger partial charge in [-0.05, 0) is 54.4 Å². The average molecular weight is 437 g/mol. The number of benzene rings is 2. The molecule has 0 spiro atoms. The Labute approximate surface area is 175 Å². The number of fused-ring (bicyclic) bond motifs is 1. The van der Waals surface area contributed by atoms with Crippen molar-refractivity contribution < 1.29 is 22.2 Å². The van der Waals surface area contributed by atoms with Crippen LogP contribution in [0.15, 0.2) is 47.4 Å². The van der Waals surface area contributed by atoms with Gasteiger partial charge in [0, 0.05) is 51.0 Å². The summed E-state index contributed by atoms with van der Waals surface area (Å²) in [6.45, 7) is 4.44. The molecule has 4 rings (SSSR count). The van der Waals surface area contributed by atoms with E-state index in [0.717, 1.165) is 35.5 Å². The van der Waals surface area contributed by atoms with E-state index in [1.165, 1.54) is 19.1 Å². The normalized spacial score (nSPS) is 18.4. The third kappa shape index (κ3) is 4.09. The van der Waals surface area contributed by atoms with Crippen LogP contribution in [0.3, 0.4) is 0 Å². The van der Waals surface area contributed by atoms with Crippen LogP contribution < -0.4 is 9.80 Å². The standard InChI is InChI=1S/C21H22F3N3O2S/c1-15(28)27-9-8-16-14-19(6-7-20(16)27)30(29)26-12-10-25(11-13-26)18-4-2-17(3-5-18)21(22,23)24/h2-7,14H,8-13H2,1H3. The van der Waals surface area contributed by atoms with E-state index in [1.54, 1.807) is 11.0 Å². The summed E-state index contributed by atoms with van der Waals surface area (Å²) in [4.78, 5) is 16.1. The van der Waals surface area contributed by atoms with Crippen LogP contribution in [0.1, 0.15) is 18.1 Å². The van der Waals surface area contributed by atoms with Gasteiger partial charge >= 0.3 is 6.18 Å². The minimum absolute atomic E-state index is 0.00186. The number of hydrogen-bond donors (Lipinski definition) is 0. The van der Waals surface area contributed by atoms with Crippen LogP contribution in [0.5, 0.6) is 0 Å². The minimum Gasteiger partial charge on any atom is -0.369 e. The van der Waals surface area contributed by atoms with Gasteiger partial charge in [0.25, 0.3) is 0 Å². The quantitative estimate of drug-likeness (QED) is 0.739. The Morgan fingerprint density at radius 1 is 0.967 bits per heavy atom. The highest BCUT2D eigenvalue weighted by molar-refractivity contribution is 7.82. The lowest BCUT2D eigenvalue weighted by Gasteiger charge is -2.35. The van der Waals surface area contributed by atoms with Crippen molar-refractivity contribution in [2.24, 2.45) is 0 Å². The topological polar surface area (TPSA) is 43.9 Å². The zero-order valence-corrected chi connectivity index (χ0v) is 17.3. The molecule has 0 radical (unpaired) electrons. The second-order valence-electron chi connectivity index (χ2n) is 7.42. The fourth-order valence-corrected chi connectivity index (χ4v) is 5.16. The summed E-state index contributed by atoms with van der Waals surface area (Å²) >= 11 is 0. The monoisotopic (exact) mass is 437 g/mol. The molecule has 160 valence electrons. The summed E-state index contributed by atoms with van der Waals surface area (Å²) in [7, 11) is -1.32. The molecule has 0 aliphatic carbocycles. The number of carbonyl (C=O) groups is 1. The first-order chi connectivity index (χ1) is 14.2. The highest BCUT2D eigenvalue weighted by Crippen LogP contribution is 2.32. The molecule has 2 heterocycles. The van der Waals surface area contributed by atoms with Crippen LogP contribution >= 0.6 is 0 Å². The van der Waals surface area contributed by atoms with Crippen molar-refractivity contribution in [1.82, 2.24) is 4.31 Å². The lowest BCUT2D eigenvalue weighted by atomic mass is 10.2. The molecule has 2 aliphatic rings. The molecule has 0 N–H and O–H groups in total. The van der Waals surface area contributed by atoms with E-state index in [9.17, 15) is 22.2 Å². The molecule has 30 heavy (non-hydrogen) atoms. The number of halogens is 3. The third-order valence-corrected chi connectivity index (χ3v) is 7.05. The number of alkyl halides is 3. The summed E-state index contributed by atoms with van der Waals surface area (Å²) in [5.41, 5.74) is 1.98. The Bertz CT molecular complexity index is 970. The Morgan fingerprint density at radius 2 is 1.63 bits per heavy atom. The van der Waals surface area contributed by atoms with Crippen LogP contribution in [0.4, 0.5) is 24.5 Å². The first-order valence-corrected chi connectivity index (χ1v) is 10.8. The van der Waals surface area contributed by atoms with Crippen molar-refractivity contribution in [1.29, 1.82) is 0 Å². The van der Waals surface area contributed by atoms with Gasteiger partial charge in [0.05, 0.1) is 10.5 Å². The van der Waals surface area contributed by atoms with Crippen molar-refractivity contribution in [3.63, 3.8) is 0 Å². The number of rotatable bonds is 3. The van der Waals surface area contributed by atoms with Crippen LogP contribution in [0.25, 0.3) is 0 Å².